The number of fused-ring (bicyclic) bond motifs is 4. The summed E-state index contributed by atoms with van der Waals surface area (Å²) in [6, 6.07) is 11.3. The lowest BCUT2D eigenvalue weighted by Crippen LogP contribution is -2.30. The Kier molecular flexibility index (Phi) is 5.08. The molecule has 1 unspecified atom stereocenters. The molecule has 0 saturated carbocycles. The number of hydrogen-bond acceptors (Lipinski definition) is 5. The minimum atomic E-state index is -0.105. The molecule has 0 fully saturated rings. The minimum absolute atomic E-state index is 0.000942. The highest BCUT2D eigenvalue weighted by Crippen LogP contribution is 2.42. The standard InChI is InChI=1S/C23H22ClN3O4/c1-13-25-22-20(31-13)6-5-19-21(22)15(11-24)12-27(19)23(28)18-10-14-9-16(30-8-7-29-2)3-4-17(14)26-18/h3-6,9-10,15,26H,7-8,11-12H2,1-2H3. The van der Waals surface area contributed by atoms with Gasteiger partial charge in [0.25, 0.3) is 5.91 Å². The number of carbonyl (C=O) groups excluding carboxylic acids is 1. The number of benzene rings is 2. The third-order valence-corrected chi connectivity index (χ3v) is 5.97. The number of nitrogens with zero attached hydrogens (tertiary/aromatic N) is 2. The third kappa shape index (κ3) is 3.43. The molecule has 2 aromatic carbocycles. The molecule has 0 aliphatic carbocycles. The first-order chi connectivity index (χ1) is 15.1. The number of amides is 1. The number of H-pyrrole nitrogens is 1. The van der Waals surface area contributed by atoms with Gasteiger partial charge in [0.1, 0.15) is 23.6 Å². The lowest BCUT2D eigenvalue weighted by atomic mass is 10.0. The number of ether oxygens (including phenoxy) is 2. The molecular weight excluding hydrogens is 418 g/mol. The maximum Gasteiger partial charge on any atom is 0.274 e. The number of rotatable bonds is 6. The molecule has 1 N–H and O–H groups in total. The van der Waals surface area contributed by atoms with Crippen LogP contribution in [0.2, 0.25) is 0 Å². The number of aromatic amines is 1. The number of aromatic nitrogens is 2. The van der Waals surface area contributed by atoms with E-state index < -0.39 is 0 Å². The van der Waals surface area contributed by atoms with Crippen molar-refractivity contribution in [3.8, 4) is 5.75 Å². The Bertz CT molecular complexity index is 1280. The summed E-state index contributed by atoms with van der Waals surface area (Å²) >= 11 is 6.27. The van der Waals surface area contributed by atoms with Gasteiger partial charge in [0.05, 0.1) is 12.3 Å². The normalized spacial score (nSPS) is 15.7. The van der Waals surface area contributed by atoms with Gasteiger partial charge in [-0.25, -0.2) is 4.98 Å². The largest absolute Gasteiger partial charge is 0.491 e. The van der Waals surface area contributed by atoms with Crippen molar-refractivity contribution in [1.82, 2.24) is 9.97 Å². The molecule has 0 bridgehead atoms. The second kappa shape index (κ2) is 7.90. The van der Waals surface area contributed by atoms with E-state index in [2.05, 4.69) is 9.97 Å². The summed E-state index contributed by atoms with van der Waals surface area (Å²) in [7, 11) is 1.64. The number of oxazole rings is 1. The number of nitrogens with one attached hydrogen (secondary N) is 1. The van der Waals surface area contributed by atoms with E-state index in [1.165, 1.54) is 0 Å². The fourth-order valence-electron chi connectivity index (χ4n) is 4.18. The SMILES string of the molecule is COCCOc1ccc2[nH]c(C(=O)N3CC(CCl)c4c3ccc3oc(C)nc43)cc2c1. The van der Waals surface area contributed by atoms with Gasteiger partial charge in [0.2, 0.25) is 0 Å². The molecule has 160 valence electrons. The maximum absolute atomic E-state index is 13.4. The first kappa shape index (κ1) is 19.9. The molecule has 31 heavy (non-hydrogen) atoms. The second-order valence-electron chi connectivity index (χ2n) is 7.62. The van der Waals surface area contributed by atoms with E-state index in [0.29, 0.717) is 42.8 Å². The van der Waals surface area contributed by atoms with Crippen LogP contribution in [0.15, 0.2) is 40.8 Å². The molecule has 4 aromatic rings. The Morgan fingerprint density at radius 2 is 2.16 bits per heavy atom. The van der Waals surface area contributed by atoms with Gasteiger partial charge in [0, 0.05) is 48.8 Å². The summed E-state index contributed by atoms with van der Waals surface area (Å²) in [5.41, 5.74) is 4.69. The molecule has 5 rings (SSSR count). The summed E-state index contributed by atoms with van der Waals surface area (Å²) in [6.45, 7) is 3.31. The number of aryl methyl sites for hydroxylation is 1. The van der Waals surface area contributed by atoms with Crippen molar-refractivity contribution in [3.05, 3.63) is 53.5 Å². The maximum atomic E-state index is 13.4. The molecule has 0 spiro atoms. The molecule has 2 aromatic heterocycles. The van der Waals surface area contributed by atoms with Crippen LogP contribution in [0.25, 0.3) is 22.0 Å². The first-order valence-electron chi connectivity index (χ1n) is 10.1. The van der Waals surface area contributed by atoms with Crippen LogP contribution in [0.4, 0.5) is 5.69 Å². The molecule has 3 heterocycles. The zero-order chi connectivity index (χ0) is 21.5. The summed E-state index contributed by atoms with van der Waals surface area (Å²) < 4.78 is 16.4. The van der Waals surface area contributed by atoms with Crippen LogP contribution in [-0.4, -0.2) is 48.6 Å². The molecular formula is C23H22ClN3O4. The van der Waals surface area contributed by atoms with Gasteiger partial charge >= 0.3 is 0 Å². The molecule has 0 radical (unpaired) electrons. The van der Waals surface area contributed by atoms with Gasteiger partial charge in [-0.05, 0) is 36.4 Å². The number of hydrogen-bond donors (Lipinski definition) is 1. The second-order valence-corrected chi connectivity index (χ2v) is 7.93. The average Bonchev–Trinajstić information content (AvgIpc) is 3.46. The Labute approximate surface area is 183 Å². The molecule has 7 nitrogen and oxygen atoms in total. The highest BCUT2D eigenvalue weighted by molar-refractivity contribution is 6.19. The van der Waals surface area contributed by atoms with Crippen LogP contribution < -0.4 is 9.64 Å². The Balaban J connectivity index is 1.48. The molecule has 8 heteroatoms. The van der Waals surface area contributed by atoms with E-state index in [-0.39, 0.29) is 11.8 Å². The van der Waals surface area contributed by atoms with Crippen LogP contribution in [0, 0.1) is 6.92 Å². The third-order valence-electron chi connectivity index (χ3n) is 5.60. The van der Waals surface area contributed by atoms with E-state index in [1.54, 1.807) is 12.0 Å². The van der Waals surface area contributed by atoms with Gasteiger partial charge in [-0.15, -0.1) is 11.6 Å². The molecule has 1 aliphatic rings. The number of anilines is 1. The van der Waals surface area contributed by atoms with Gasteiger partial charge in [-0.3, -0.25) is 4.79 Å². The Morgan fingerprint density at radius 1 is 1.29 bits per heavy atom. The van der Waals surface area contributed by atoms with E-state index in [9.17, 15) is 4.79 Å². The monoisotopic (exact) mass is 439 g/mol. The number of alkyl halides is 1. The first-order valence-corrected chi connectivity index (χ1v) is 10.6. The molecule has 1 aliphatic heterocycles. The quantitative estimate of drug-likeness (QED) is 0.350. The molecule has 0 saturated heterocycles. The number of halogens is 1. The highest BCUT2D eigenvalue weighted by Gasteiger charge is 2.35. The van der Waals surface area contributed by atoms with Crippen LogP contribution in [-0.2, 0) is 4.74 Å². The van der Waals surface area contributed by atoms with E-state index >= 15 is 0 Å². The Morgan fingerprint density at radius 3 is 2.97 bits per heavy atom. The Hall–Kier alpha value is -3.03. The van der Waals surface area contributed by atoms with E-state index in [0.717, 1.165) is 33.4 Å². The van der Waals surface area contributed by atoms with Crippen molar-refractivity contribution in [3.63, 3.8) is 0 Å². The summed E-state index contributed by atoms with van der Waals surface area (Å²) in [5, 5.41) is 0.911. The predicted octanol–water partition coefficient (Wildman–Crippen LogP) is 4.63. The molecule has 1 atom stereocenters. The van der Waals surface area contributed by atoms with Gasteiger partial charge in [-0.1, -0.05) is 0 Å². The van der Waals surface area contributed by atoms with Crippen LogP contribution in [0.1, 0.15) is 27.9 Å². The van der Waals surface area contributed by atoms with Gasteiger partial charge < -0.3 is 23.8 Å². The van der Waals surface area contributed by atoms with Crippen LogP contribution >= 0.6 is 11.6 Å². The smallest absolute Gasteiger partial charge is 0.274 e. The lowest BCUT2D eigenvalue weighted by Gasteiger charge is -2.16. The van der Waals surface area contributed by atoms with Crippen molar-refractivity contribution in [2.24, 2.45) is 0 Å². The van der Waals surface area contributed by atoms with Gasteiger partial charge in [0.15, 0.2) is 11.5 Å². The van der Waals surface area contributed by atoms with E-state index in [1.807, 2.05) is 43.3 Å². The lowest BCUT2D eigenvalue weighted by molar-refractivity contribution is 0.0984. The van der Waals surface area contributed by atoms with Gasteiger partial charge in [-0.2, -0.15) is 0 Å². The zero-order valence-electron chi connectivity index (χ0n) is 17.3. The summed E-state index contributed by atoms with van der Waals surface area (Å²) in [4.78, 5) is 23.0. The topological polar surface area (TPSA) is 80.6 Å². The highest BCUT2D eigenvalue weighted by atomic mass is 35.5. The minimum Gasteiger partial charge on any atom is -0.491 e. The zero-order valence-corrected chi connectivity index (χ0v) is 18.0. The fraction of sp³-hybridized carbons (Fsp3) is 0.304. The average molecular weight is 440 g/mol. The number of carbonyl (C=O) groups is 1. The van der Waals surface area contributed by atoms with Crippen molar-refractivity contribution in [1.29, 1.82) is 0 Å². The van der Waals surface area contributed by atoms with Crippen molar-refractivity contribution < 1.29 is 18.7 Å². The predicted molar refractivity (Wildman–Crippen MR) is 120 cm³/mol. The van der Waals surface area contributed by atoms with Crippen molar-refractivity contribution in [2.75, 3.05) is 37.6 Å². The van der Waals surface area contributed by atoms with Crippen molar-refractivity contribution in [2.45, 2.75) is 12.8 Å². The molecule has 1 amide bonds. The van der Waals surface area contributed by atoms with Crippen LogP contribution in [0.3, 0.4) is 0 Å². The summed E-state index contributed by atoms with van der Waals surface area (Å²) in [5.74, 6) is 1.63. The number of methoxy groups -OCH3 is 1. The van der Waals surface area contributed by atoms with Crippen molar-refractivity contribution >= 4 is 45.2 Å². The fourth-order valence-corrected chi connectivity index (χ4v) is 4.44. The summed E-state index contributed by atoms with van der Waals surface area (Å²) in [6.07, 6.45) is 0. The van der Waals surface area contributed by atoms with Crippen LogP contribution in [0.5, 0.6) is 5.75 Å². The van der Waals surface area contributed by atoms with E-state index in [4.69, 9.17) is 25.5 Å².